The number of carbonyl (C=O) groups is 3. The average Bonchev–Trinajstić information content (AvgIpc) is 2.21. The first-order chi connectivity index (χ1) is 8.65. The molecule has 0 aromatic heterocycles. The molecule has 7 nitrogen and oxygen atoms in total. The quantitative estimate of drug-likeness (QED) is 0.558. The predicted octanol–water partition coefficient (Wildman–Crippen LogP) is 0.885. The second kappa shape index (κ2) is 7.83. The summed E-state index contributed by atoms with van der Waals surface area (Å²) in [4.78, 5) is 33.8. The van der Waals surface area contributed by atoms with E-state index in [-0.39, 0.29) is 18.9 Å². The minimum atomic E-state index is -1.03. The van der Waals surface area contributed by atoms with Gasteiger partial charge in [0.25, 0.3) is 0 Å². The SMILES string of the molecule is CC(C)(C)OC(=O)N[C@@H](CCC(N)=O)C(=O)OCCl. The van der Waals surface area contributed by atoms with Crippen molar-refractivity contribution in [3.63, 3.8) is 0 Å². The van der Waals surface area contributed by atoms with Gasteiger partial charge < -0.3 is 20.5 Å². The van der Waals surface area contributed by atoms with Gasteiger partial charge in [-0.3, -0.25) is 4.79 Å². The molecule has 110 valence electrons. The Morgan fingerprint density at radius 2 is 1.89 bits per heavy atom. The number of alkyl halides is 1. The van der Waals surface area contributed by atoms with E-state index >= 15 is 0 Å². The van der Waals surface area contributed by atoms with Crippen molar-refractivity contribution in [2.24, 2.45) is 5.73 Å². The smallest absolute Gasteiger partial charge is 0.408 e. The van der Waals surface area contributed by atoms with Crippen molar-refractivity contribution in [2.45, 2.75) is 45.3 Å². The molecule has 0 aromatic rings. The van der Waals surface area contributed by atoms with Gasteiger partial charge in [0, 0.05) is 6.42 Å². The van der Waals surface area contributed by atoms with Crippen LogP contribution in [0, 0.1) is 0 Å². The highest BCUT2D eigenvalue weighted by Gasteiger charge is 2.25. The number of alkyl carbamates (subject to hydrolysis) is 1. The molecule has 0 aliphatic heterocycles. The first-order valence-corrected chi connectivity index (χ1v) is 6.19. The summed E-state index contributed by atoms with van der Waals surface area (Å²) in [5.41, 5.74) is 4.29. The highest BCUT2D eigenvalue weighted by atomic mass is 35.5. The van der Waals surface area contributed by atoms with Crippen LogP contribution < -0.4 is 11.1 Å². The van der Waals surface area contributed by atoms with Crippen LogP contribution in [0.15, 0.2) is 0 Å². The van der Waals surface area contributed by atoms with E-state index in [0.717, 1.165) is 0 Å². The molecule has 0 fully saturated rings. The normalized spacial score (nSPS) is 12.4. The van der Waals surface area contributed by atoms with Crippen LogP contribution in [-0.2, 0) is 19.1 Å². The van der Waals surface area contributed by atoms with E-state index in [9.17, 15) is 14.4 Å². The number of hydrogen-bond donors (Lipinski definition) is 2. The van der Waals surface area contributed by atoms with Crippen molar-refractivity contribution in [1.82, 2.24) is 5.32 Å². The van der Waals surface area contributed by atoms with E-state index in [2.05, 4.69) is 10.1 Å². The largest absolute Gasteiger partial charge is 0.448 e. The second-order valence-corrected chi connectivity index (χ2v) is 4.99. The maximum absolute atomic E-state index is 11.5. The van der Waals surface area contributed by atoms with Gasteiger partial charge in [-0.25, -0.2) is 9.59 Å². The molecular weight excluding hydrogens is 276 g/mol. The van der Waals surface area contributed by atoms with Crippen LogP contribution in [0.5, 0.6) is 0 Å². The molecule has 0 saturated heterocycles. The molecule has 0 bridgehead atoms. The summed E-state index contributed by atoms with van der Waals surface area (Å²) in [7, 11) is 0. The van der Waals surface area contributed by atoms with Gasteiger partial charge in [0.15, 0.2) is 6.07 Å². The van der Waals surface area contributed by atoms with Crippen LogP contribution in [0.25, 0.3) is 0 Å². The van der Waals surface area contributed by atoms with Crippen molar-refractivity contribution in [3.05, 3.63) is 0 Å². The van der Waals surface area contributed by atoms with Gasteiger partial charge in [0.1, 0.15) is 11.6 Å². The van der Waals surface area contributed by atoms with Crippen LogP contribution >= 0.6 is 11.6 Å². The lowest BCUT2D eigenvalue weighted by atomic mass is 10.1. The van der Waals surface area contributed by atoms with Gasteiger partial charge in [-0.2, -0.15) is 0 Å². The minimum absolute atomic E-state index is 0.0182. The zero-order valence-corrected chi connectivity index (χ0v) is 12.0. The van der Waals surface area contributed by atoms with Crippen molar-refractivity contribution < 1.29 is 23.9 Å². The Morgan fingerprint density at radius 3 is 2.32 bits per heavy atom. The Kier molecular flexibility index (Phi) is 7.21. The Hall–Kier alpha value is -1.50. The molecule has 0 unspecified atom stereocenters. The zero-order valence-electron chi connectivity index (χ0n) is 11.2. The van der Waals surface area contributed by atoms with E-state index in [1.165, 1.54) is 0 Å². The molecule has 2 amide bonds. The van der Waals surface area contributed by atoms with Gasteiger partial charge in [-0.05, 0) is 27.2 Å². The third-order valence-corrected chi connectivity index (χ3v) is 1.96. The van der Waals surface area contributed by atoms with E-state index in [1.54, 1.807) is 20.8 Å². The van der Waals surface area contributed by atoms with Crippen LogP contribution in [0.3, 0.4) is 0 Å². The molecular formula is C11H19ClN2O5. The molecule has 0 aromatic carbocycles. The highest BCUT2D eigenvalue weighted by Crippen LogP contribution is 2.08. The predicted molar refractivity (Wildman–Crippen MR) is 68.4 cm³/mol. The van der Waals surface area contributed by atoms with Gasteiger partial charge in [-0.15, -0.1) is 0 Å². The van der Waals surface area contributed by atoms with Crippen LogP contribution in [-0.4, -0.2) is 35.7 Å². The second-order valence-electron chi connectivity index (χ2n) is 4.78. The fraction of sp³-hybridized carbons (Fsp3) is 0.727. The first kappa shape index (κ1) is 17.5. The fourth-order valence-corrected chi connectivity index (χ4v) is 1.25. The van der Waals surface area contributed by atoms with E-state index in [0.29, 0.717) is 0 Å². The summed E-state index contributed by atoms with van der Waals surface area (Å²) in [6.07, 6.45) is -0.837. The molecule has 0 saturated carbocycles. The Bertz CT molecular complexity index is 340. The summed E-state index contributed by atoms with van der Waals surface area (Å²) in [6, 6.07) is -1.37. The van der Waals surface area contributed by atoms with Crippen molar-refractivity contribution in [3.8, 4) is 0 Å². The van der Waals surface area contributed by atoms with E-state index in [4.69, 9.17) is 22.1 Å². The maximum atomic E-state index is 11.5. The van der Waals surface area contributed by atoms with Crippen LogP contribution in [0.4, 0.5) is 4.79 Å². The lowest BCUT2D eigenvalue weighted by molar-refractivity contribution is -0.144. The minimum Gasteiger partial charge on any atom is -0.448 e. The fourth-order valence-electron chi connectivity index (χ4n) is 1.14. The van der Waals surface area contributed by atoms with Crippen molar-refractivity contribution in [1.29, 1.82) is 0 Å². The van der Waals surface area contributed by atoms with Gasteiger partial charge in [0.05, 0.1) is 0 Å². The first-order valence-electron chi connectivity index (χ1n) is 5.66. The number of carbonyl (C=O) groups excluding carboxylic acids is 3. The summed E-state index contributed by atoms with van der Waals surface area (Å²) in [5, 5.41) is 2.31. The Morgan fingerprint density at radius 1 is 1.32 bits per heavy atom. The number of halogens is 1. The number of esters is 1. The van der Waals surface area contributed by atoms with Crippen LogP contribution in [0.1, 0.15) is 33.6 Å². The molecule has 0 aliphatic rings. The Labute approximate surface area is 116 Å². The van der Waals surface area contributed by atoms with E-state index in [1.807, 2.05) is 0 Å². The third kappa shape index (κ3) is 9.12. The molecule has 8 heteroatoms. The average molecular weight is 295 g/mol. The molecule has 0 spiro atoms. The van der Waals surface area contributed by atoms with Gasteiger partial charge in [0.2, 0.25) is 5.91 Å². The third-order valence-electron chi connectivity index (χ3n) is 1.85. The molecule has 0 aliphatic carbocycles. The number of amides is 2. The lowest BCUT2D eigenvalue weighted by Gasteiger charge is -2.22. The van der Waals surface area contributed by atoms with Crippen molar-refractivity contribution in [2.75, 3.05) is 6.07 Å². The number of nitrogens with one attached hydrogen (secondary N) is 1. The summed E-state index contributed by atoms with van der Waals surface area (Å²) < 4.78 is 9.57. The number of rotatable bonds is 6. The number of nitrogens with two attached hydrogens (primary N) is 1. The number of hydrogen-bond acceptors (Lipinski definition) is 5. The summed E-state index contributed by atoms with van der Waals surface area (Å²) in [6.45, 7) is 5.05. The molecule has 0 radical (unpaired) electrons. The molecule has 0 rings (SSSR count). The molecule has 0 heterocycles. The standard InChI is InChI=1S/C11H19ClN2O5/c1-11(2,3)19-10(17)14-7(4-5-8(13)15)9(16)18-6-12/h7H,4-6H2,1-3H3,(H2,13,15)(H,14,17)/t7-/m0/s1. The molecule has 19 heavy (non-hydrogen) atoms. The summed E-state index contributed by atoms with van der Waals surface area (Å²) >= 11 is 5.27. The molecule has 1 atom stereocenters. The zero-order chi connectivity index (χ0) is 15.1. The number of ether oxygens (including phenoxy) is 2. The van der Waals surface area contributed by atoms with Gasteiger partial charge >= 0.3 is 12.1 Å². The van der Waals surface area contributed by atoms with Gasteiger partial charge in [-0.1, -0.05) is 11.6 Å². The molecule has 3 N–H and O–H groups in total. The maximum Gasteiger partial charge on any atom is 0.408 e. The topological polar surface area (TPSA) is 108 Å². The van der Waals surface area contributed by atoms with Crippen molar-refractivity contribution >= 4 is 29.6 Å². The van der Waals surface area contributed by atoms with Crippen LogP contribution in [0.2, 0.25) is 0 Å². The highest BCUT2D eigenvalue weighted by molar-refractivity contribution is 6.17. The summed E-state index contributed by atoms with van der Waals surface area (Å²) in [5.74, 6) is -1.34. The monoisotopic (exact) mass is 294 g/mol. The Balaban J connectivity index is 4.52. The lowest BCUT2D eigenvalue weighted by Crippen LogP contribution is -2.44. The van der Waals surface area contributed by atoms with E-state index < -0.39 is 29.6 Å². The number of primary amides is 1.